The van der Waals surface area contributed by atoms with E-state index in [9.17, 15) is 9.59 Å². The molecule has 5 nitrogen and oxygen atoms in total. The number of carbonyl (C=O) groups excluding carboxylic acids is 2. The van der Waals surface area contributed by atoms with Crippen LogP contribution in [0.25, 0.3) is 0 Å². The van der Waals surface area contributed by atoms with Crippen LogP contribution in [-0.4, -0.2) is 25.5 Å². The van der Waals surface area contributed by atoms with Crippen LogP contribution in [0.4, 0.5) is 5.69 Å². The monoisotopic (exact) mass is 304 g/mol. The summed E-state index contributed by atoms with van der Waals surface area (Å²) in [6.07, 6.45) is 0.217. The Morgan fingerprint density at radius 1 is 1.24 bits per heavy atom. The van der Waals surface area contributed by atoms with Gasteiger partial charge in [-0.05, 0) is 23.6 Å². The molecule has 21 heavy (non-hydrogen) atoms. The summed E-state index contributed by atoms with van der Waals surface area (Å²) < 4.78 is 5.08. The maximum absolute atomic E-state index is 11.8. The van der Waals surface area contributed by atoms with Gasteiger partial charge in [-0.3, -0.25) is 9.59 Å². The van der Waals surface area contributed by atoms with Crippen molar-refractivity contribution >= 4 is 28.8 Å². The van der Waals surface area contributed by atoms with Crippen molar-refractivity contribution in [1.29, 1.82) is 0 Å². The van der Waals surface area contributed by atoms with Crippen LogP contribution in [0.15, 0.2) is 41.8 Å². The van der Waals surface area contributed by atoms with Gasteiger partial charge in [-0.2, -0.15) is 0 Å². The quantitative estimate of drug-likeness (QED) is 0.861. The lowest BCUT2D eigenvalue weighted by Crippen LogP contribution is -2.27. The van der Waals surface area contributed by atoms with E-state index in [4.69, 9.17) is 4.74 Å². The zero-order chi connectivity index (χ0) is 15.1. The molecule has 2 aromatic rings. The number of amides is 2. The van der Waals surface area contributed by atoms with Crippen LogP contribution in [-0.2, 0) is 4.79 Å². The third-order valence-electron chi connectivity index (χ3n) is 2.74. The van der Waals surface area contributed by atoms with E-state index in [-0.39, 0.29) is 18.2 Å². The summed E-state index contributed by atoms with van der Waals surface area (Å²) in [4.78, 5) is 24.1. The lowest BCUT2D eigenvalue weighted by Gasteiger charge is -2.07. The van der Waals surface area contributed by atoms with Crippen molar-refractivity contribution in [2.24, 2.45) is 0 Å². The second-order valence-electron chi connectivity index (χ2n) is 4.26. The average Bonchev–Trinajstić information content (AvgIpc) is 3.01. The third-order valence-corrected chi connectivity index (χ3v) is 3.60. The molecule has 0 saturated heterocycles. The zero-order valence-corrected chi connectivity index (χ0v) is 12.4. The summed E-state index contributed by atoms with van der Waals surface area (Å²) in [7, 11) is 1.57. The zero-order valence-electron chi connectivity index (χ0n) is 11.6. The number of benzene rings is 1. The van der Waals surface area contributed by atoms with Crippen LogP contribution in [0.3, 0.4) is 0 Å². The highest BCUT2D eigenvalue weighted by Crippen LogP contribution is 2.16. The molecule has 0 fully saturated rings. The summed E-state index contributed by atoms with van der Waals surface area (Å²) in [6.45, 7) is 0.298. The molecule has 1 aromatic carbocycles. The van der Waals surface area contributed by atoms with Gasteiger partial charge in [0.1, 0.15) is 5.75 Å². The molecule has 0 radical (unpaired) electrons. The maximum Gasteiger partial charge on any atom is 0.261 e. The molecule has 110 valence electrons. The van der Waals surface area contributed by atoms with E-state index < -0.39 is 0 Å². The predicted molar refractivity (Wildman–Crippen MR) is 82.9 cm³/mol. The number of nitrogens with one attached hydrogen (secondary N) is 2. The molecule has 0 atom stereocenters. The number of methoxy groups -OCH3 is 1. The average molecular weight is 304 g/mol. The Morgan fingerprint density at radius 2 is 2.10 bits per heavy atom. The summed E-state index contributed by atoms with van der Waals surface area (Å²) in [5.74, 6) is 0.368. The van der Waals surface area contributed by atoms with Gasteiger partial charge in [0, 0.05) is 24.7 Å². The molecule has 0 aliphatic rings. The Morgan fingerprint density at radius 3 is 2.81 bits per heavy atom. The molecule has 6 heteroatoms. The molecule has 2 rings (SSSR count). The van der Waals surface area contributed by atoms with Crippen LogP contribution in [0.5, 0.6) is 5.75 Å². The first-order valence-electron chi connectivity index (χ1n) is 6.44. The van der Waals surface area contributed by atoms with Crippen molar-refractivity contribution in [1.82, 2.24) is 5.32 Å². The molecule has 0 bridgehead atoms. The van der Waals surface area contributed by atoms with Gasteiger partial charge in [0.25, 0.3) is 5.91 Å². The third kappa shape index (κ3) is 4.61. The first-order chi connectivity index (χ1) is 10.2. The number of hydrogen-bond acceptors (Lipinski definition) is 4. The summed E-state index contributed by atoms with van der Waals surface area (Å²) in [6, 6.07) is 10.7. The number of carbonyl (C=O) groups is 2. The van der Waals surface area contributed by atoms with Crippen LogP contribution < -0.4 is 15.4 Å². The number of anilines is 1. The second-order valence-corrected chi connectivity index (χ2v) is 5.21. The second kappa shape index (κ2) is 7.44. The first-order valence-corrected chi connectivity index (χ1v) is 7.32. The highest BCUT2D eigenvalue weighted by Gasteiger charge is 2.07. The highest BCUT2D eigenvalue weighted by atomic mass is 32.1. The van der Waals surface area contributed by atoms with E-state index in [2.05, 4.69) is 10.6 Å². The van der Waals surface area contributed by atoms with Crippen molar-refractivity contribution in [3.05, 3.63) is 46.7 Å². The largest absolute Gasteiger partial charge is 0.497 e. The minimum absolute atomic E-state index is 0.154. The van der Waals surface area contributed by atoms with E-state index >= 15 is 0 Å². The SMILES string of the molecule is COc1cccc(NC(=O)CCNC(=O)c2cccs2)c1. The normalized spacial score (nSPS) is 9.95. The fraction of sp³-hybridized carbons (Fsp3) is 0.200. The fourth-order valence-corrected chi connectivity index (χ4v) is 2.35. The van der Waals surface area contributed by atoms with E-state index in [0.717, 1.165) is 0 Å². The Labute approximate surface area is 126 Å². The molecular formula is C15H16N2O3S. The van der Waals surface area contributed by atoms with Gasteiger partial charge in [0.15, 0.2) is 0 Å². The van der Waals surface area contributed by atoms with Gasteiger partial charge in [0.2, 0.25) is 5.91 Å². The van der Waals surface area contributed by atoms with Gasteiger partial charge in [0.05, 0.1) is 12.0 Å². The Kier molecular flexibility index (Phi) is 5.34. The van der Waals surface area contributed by atoms with Crippen LogP contribution in [0.2, 0.25) is 0 Å². The van der Waals surface area contributed by atoms with E-state index in [1.807, 2.05) is 11.4 Å². The number of rotatable bonds is 6. The molecular weight excluding hydrogens is 288 g/mol. The van der Waals surface area contributed by atoms with E-state index in [1.54, 1.807) is 37.4 Å². The molecule has 2 N–H and O–H groups in total. The summed E-state index contributed by atoms with van der Waals surface area (Å²) in [5, 5.41) is 7.31. The molecule has 0 saturated carbocycles. The lowest BCUT2D eigenvalue weighted by molar-refractivity contribution is -0.116. The van der Waals surface area contributed by atoms with E-state index in [1.165, 1.54) is 11.3 Å². The molecule has 0 unspecified atom stereocenters. The topological polar surface area (TPSA) is 67.4 Å². The standard InChI is InChI=1S/C15H16N2O3S/c1-20-12-5-2-4-11(10-12)17-14(18)7-8-16-15(19)13-6-3-9-21-13/h2-6,9-10H,7-8H2,1H3,(H,16,19)(H,17,18). The van der Waals surface area contributed by atoms with Crippen molar-refractivity contribution in [3.8, 4) is 5.75 Å². The number of thiophene rings is 1. The van der Waals surface area contributed by atoms with Crippen LogP contribution in [0.1, 0.15) is 16.1 Å². The molecule has 2 amide bonds. The van der Waals surface area contributed by atoms with Gasteiger partial charge >= 0.3 is 0 Å². The molecule has 1 heterocycles. The molecule has 0 aliphatic carbocycles. The minimum Gasteiger partial charge on any atom is -0.497 e. The van der Waals surface area contributed by atoms with Gasteiger partial charge in [-0.25, -0.2) is 0 Å². The minimum atomic E-state index is -0.158. The van der Waals surface area contributed by atoms with Crippen LogP contribution >= 0.6 is 11.3 Å². The maximum atomic E-state index is 11.8. The Bertz CT molecular complexity index is 611. The first kappa shape index (κ1) is 15.1. The van der Waals surface area contributed by atoms with Crippen molar-refractivity contribution in [2.75, 3.05) is 19.0 Å². The number of ether oxygens (including phenoxy) is 1. The molecule has 1 aromatic heterocycles. The van der Waals surface area contributed by atoms with Crippen molar-refractivity contribution in [2.45, 2.75) is 6.42 Å². The van der Waals surface area contributed by atoms with Crippen LogP contribution in [0, 0.1) is 0 Å². The smallest absolute Gasteiger partial charge is 0.261 e. The van der Waals surface area contributed by atoms with Gasteiger partial charge in [-0.15, -0.1) is 11.3 Å². The lowest BCUT2D eigenvalue weighted by atomic mass is 10.3. The summed E-state index contributed by atoms with van der Waals surface area (Å²) in [5.41, 5.74) is 0.670. The van der Waals surface area contributed by atoms with E-state index in [0.29, 0.717) is 22.9 Å². The van der Waals surface area contributed by atoms with Gasteiger partial charge < -0.3 is 15.4 Å². The van der Waals surface area contributed by atoms with Crippen molar-refractivity contribution in [3.63, 3.8) is 0 Å². The highest BCUT2D eigenvalue weighted by molar-refractivity contribution is 7.12. The van der Waals surface area contributed by atoms with Gasteiger partial charge in [-0.1, -0.05) is 12.1 Å². The Balaban J connectivity index is 1.76. The molecule has 0 aliphatic heterocycles. The number of hydrogen-bond donors (Lipinski definition) is 2. The molecule has 0 spiro atoms. The fourth-order valence-electron chi connectivity index (χ4n) is 1.71. The predicted octanol–water partition coefficient (Wildman–Crippen LogP) is 2.52. The summed E-state index contributed by atoms with van der Waals surface area (Å²) >= 11 is 1.37. The van der Waals surface area contributed by atoms with Crippen molar-refractivity contribution < 1.29 is 14.3 Å². The Hall–Kier alpha value is -2.34.